The number of aliphatic hydroxyl groups is 1. The van der Waals surface area contributed by atoms with Crippen LogP contribution in [0.2, 0.25) is 0 Å². The van der Waals surface area contributed by atoms with Gasteiger partial charge in [0.1, 0.15) is 17.8 Å². The number of cyclic esters (lactones) is 1. The van der Waals surface area contributed by atoms with Crippen molar-refractivity contribution in [1.29, 1.82) is 0 Å². The molecule has 2 aromatic heterocycles. The molecule has 0 fully saturated rings. The number of benzene rings is 1. The van der Waals surface area contributed by atoms with Gasteiger partial charge in [-0.15, -0.1) is 0 Å². The molecule has 44 heavy (non-hydrogen) atoms. The number of carbonyl (C=O) groups excluding carboxylic acids is 2. The number of hydrogen-bond acceptors (Lipinski definition) is 9. The van der Waals surface area contributed by atoms with E-state index in [2.05, 4.69) is 5.32 Å². The van der Waals surface area contributed by atoms with Crippen molar-refractivity contribution in [3.05, 3.63) is 57.9 Å². The third-order valence-corrected chi connectivity index (χ3v) is 8.16. The van der Waals surface area contributed by atoms with E-state index in [0.29, 0.717) is 40.0 Å². The molecule has 1 aliphatic rings. The number of pyridine rings is 2. The van der Waals surface area contributed by atoms with E-state index >= 15 is 0 Å². The molecule has 3 aromatic rings. The summed E-state index contributed by atoms with van der Waals surface area (Å²) in [6.45, 7) is 4.77. The van der Waals surface area contributed by atoms with E-state index in [4.69, 9.17) is 24.7 Å². The van der Waals surface area contributed by atoms with Gasteiger partial charge in [-0.2, -0.15) is 0 Å². The first-order valence-corrected chi connectivity index (χ1v) is 14.3. The molecule has 0 radical (unpaired) electrons. The first-order chi connectivity index (χ1) is 20.9. The lowest BCUT2D eigenvalue weighted by Gasteiger charge is -2.35. The fourth-order valence-electron chi connectivity index (χ4n) is 5.47. The molecule has 1 atom stereocenters. The minimum Gasteiger partial charge on any atom is -0.481 e. The molecular formula is C31H35N3O10. The minimum absolute atomic E-state index is 0.0134. The van der Waals surface area contributed by atoms with Gasteiger partial charge < -0.3 is 34.7 Å². The summed E-state index contributed by atoms with van der Waals surface area (Å²) >= 11 is 0. The number of aliphatic hydroxyl groups excluding tert-OH is 1. The fraction of sp³-hybridized carbons (Fsp3) is 0.419. The van der Waals surface area contributed by atoms with Gasteiger partial charge in [0.2, 0.25) is 0 Å². The van der Waals surface area contributed by atoms with E-state index < -0.39 is 41.6 Å². The van der Waals surface area contributed by atoms with Crippen LogP contribution in [0.5, 0.6) is 5.75 Å². The third kappa shape index (κ3) is 6.42. The molecule has 1 unspecified atom stereocenters. The van der Waals surface area contributed by atoms with E-state index in [0.717, 1.165) is 0 Å². The summed E-state index contributed by atoms with van der Waals surface area (Å²) in [5.41, 5.74) is -0.579. The van der Waals surface area contributed by atoms with Gasteiger partial charge in [-0.3, -0.25) is 19.2 Å². The zero-order chi connectivity index (χ0) is 32.2. The fourth-order valence-corrected chi connectivity index (χ4v) is 5.47. The Hall–Kier alpha value is -4.78. The highest BCUT2D eigenvalue weighted by molar-refractivity contribution is 5.87. The van der Waals surface area contributed by atoms with Crippen LogP contribution in [0.25, 0.3) is 22.3 Å². The van der Waals surface area contributed by atoms with Crippen LogP contribution in [0.3, 0.4) is 0 Å². The van der Waals surface area contributed by atoms with Crippen molar-refractivity contribution < 1.29 is 44.0 Å². The highest BCUT2D eigenvalue weighted by Gasteiger charge is 2.46. The molecule has 3 heterocycles. The monoisotopic (exact) mass is 609 g/mol. The average molecular weight is 610 g/mol. The molecule has 234 valence electrons. The molecule has 13 heteroatoms. The molecule has 0 bridgehead atoms. The Morgan fingerprint density at radius 3 is 2.34 bits per heavy atom. The number of aliphatic carboxylic acids is 2. The van der Waals surface area contributed by atoms with Crippen molar-refractivity contribution >= 4 is 34.9 Å². The first kappa shape index (κ1) is 32.1. The third-order valence-electron chi connectivity index (χ3n) is 8.16. The van der Waals surface area contributed by atoms with Crippen molar-refractivity contribution in [2.45, 2.75) is 77.0 Å². The lowest BCUT2D eigenvalue weighted by Crippen LogP contribution is -2.47. The van der Waals surface area contributed by atoms with Crippen molar-refractivity contribution in [2.75, 3.05) is 6.61 Å². The number of nitrogens with zero attached hydrogens (tertiary/aromatic N) is 2. The standard InChI is InChI=1S/C31H35N3O10/c1-4-31(17-35)21-15-24(34(5-2)27(40)20(21)16-43-28(31)41)23-8-6-18-14-19(7-9-22(18)32-23)44-29(42)33-30(3,12-10-25(36)37)13-11-26(38)39/h6-9,14-15,35H,4-5,10-13,16-17H2,1-3H3,(H,33,42)(H,36,37)(H,38,39). The number of carboxylic acid groups (broad SMARTS) is 2. The highest BCUT2D eigenvalue weighted by atomic mass is 16.6. The Kier molecular flexibility index (Phi) is 9.38. The number of carbonyl (C=O) groups is 4. The molecule has 4 rings (SSSR count). The number of esters is 1. The number of aromatic nitrogens is 2. The lowest BCUT2D eigenvalue weighted by molar-refractivity contribution is -0.156. The Morgan fingerprint density at radius 2 is 1.75 bits per heavy atom. The predicted molar refractivity (Wildman–Crippen MR) is 157 cm³/mol. The van der Waals surface area contributed by atoms with E-state index in [9.17, 15) is 29.1 Å². The smallest absolute Gasteiger partial charge is 0.413 e. The lowest BCUT2D eigenvalue weighted by atomic mass is 9.75. The Labute approximate surface area is 252 Å². The van der Waals surface area contributed by atoms with E-state index in [1.54, 1.807) is 44.2 Å². The van der Waals surface area contributed by atoms with Gasteiger partial charge >= 0.3 is 24.0 Å². The second kappa shape index (κ2) is 12.8. The van der Waals surface area contributed by atoms with Gasteiger partial charge in [0.15, 0.2) is 0 Å². The molecule has 13 nitrogen and oxygen atoms in total. The van der Waals surface area contributed by atoms with Crippen LogP contribution in [0, 0.1) is 0 Å². The summed E-state index contributed by atoms with van der Waals surface area (Å²) in [5.74, 6) is -2.55. The van der Waals surface area contributed by atoms with Crippen LogP contribution in [0.15, 0.2) is 41.2 Å². The molecule has 1 aliphatic heterocycles. The zero-order valence-electron chi connectivity index (χ0n) is 24.7. The van der Waals surface area contributed by atoms with Crippen LogP contribution in [0.4, 0.5) is 4.79 Å². The maximum atomic E-state index is 13.5. The topological polar surface area (TPSA) is 194 Å². The maximum Gasteiger partial charge on any atom is 0.413 e. The van der Waals surface area contributed by atoms with E-state index in [-0.39, 0.29) is 50.0 Å². The molecule has 0 spiro atoms. The predicted octanol–water partition coefficient (Wildman–Crippen LogP) is 3.36. The van der Waals surface area contributed by atoms with Crippen LogP contribution in [-0.4, -0.2) is 61.0 Å². The second-order valence-corrected chi connectivity index (χ2v) is 11.1. The molecule has 1 aromatic carbocycles. The summed E-state index contributed by atoms with van der Waals surface area (Å²) in [4.78, 5) is 65.8. The summed E-state index contributed by atoms with van der Waals surface area (Å²) in [6.07, 6.45) is -1.13. The van der Waals surface area contributed by atoms with Crippen molar-refractivity contribution in [3.8, 4) is 17.1 Å². The SMILES string of the molecule is CCn1c(-c2ccc3cc(OC(=O)NC(C)(CCC(=O)O)CCC(=O)O)ccc3n2)cc2c(c1=O)COC(=O)C2(CC)CO. The molecule has 1 amide bonds. The minimum atomic E-state index is -1.35. The number of fused-ring (bicyclic) bond motifs is 2. The number of hydrogen-bond donors (Lipinski definition) is 4. The van der Waals surface area contributed by atoms with Crippen LogP contribution in [0.1, 0.15) is 64.0 Å². The summed E-state index contributed by atoms with van der Waals surface area (Å²) < 4.78 is 12.3. The van der Waals surface area contributed by atoms with Gasteiger partial charge in [0, 0.05) is 30.3 Å². The van der Waals surface area contributed by atoms with Crippen molar-refractivity contribution in [1.82, 2.24) is 14.9 Å². The second-order valence-electron chi connectivity index (χ2n) is 11.1. The number of rotatable bonds is 12. The average Bonchev–Trinajstić information content (AvgIpc) is 2.99. The van der Waals surface area contributed by atoms with Gasteiger partial charge in [-0.05, 0) is 69.0 Å². The van der Waals surface area contributed by atoms with Gasteiger partial charge in [-0.1, -0.05) is 13.0 Å². The van der Waals surface area contributed by atoms with Crippen molar-refractivity contribution in [3.63, 3.8) is 0 Å². The quantitative estimate of drug-likeness (QED) is 0.220. The van der Waals surface area contributed by atoms with Gasteiger partial charge in [0.05, 0.1) is 29.1 Å². The molecule has 4 N–H and O–H groups in total. The summed E-state index contributed by atoms with van der Waals surface area (Å²) in [7, 11) is 0. The van der Waals surface area contributed by atoms with Crippen LogP contribution >= 0.6 is 0 Å². The maximum absolute atomic E-state index is 13.5. The van der Waals surface area contributed by atoms with Gasteiger partial charge in [0.25, 0.3) is 5.56 Å². The van der Waals surface area contributed by atoms with E-state index in [1.807, 2.05) is 6.92 Å². The molecule has 0 aliphatic carbocycles. The first-order valence-electron chi connectivity index (χ1n) is 14.3. The van der Waals surface area contributed by atoms with Crippen molar-refractivity contribution in [2.24, 2.45) is 0 Å². The normalized spacial score (nSPS) is 16.2. The molecule has 0 saturated heterocycles. The number of ether oxygens (including phenoxy) is 2. The summed E-state index contributed by atoms with van der Waals surface area (Å²) in [6, 6.07) is 9.90. The zero-order valence-corrected chi connectivity index (χ0v) is 24.7. The molecule has 0 saturated carbocycles. The number of nitrogens with one attached hydrogen (secondary N) is 1. The van der Waals surface area contributed by atoms with Gasteiger partial charge in [-0.25, -0.2) is 9.78 Å². The van der Waals surface area contributed by atoms with Crippen LogP contribution < -0.4 is 15.6 Å². The van der Waals surface area contributed by atoms with Crippen LogP contribution in [-0.2, 0) is 37.7 Å². The Balaban J connectivity index is 1.63. The molecular weight excluding hydrogens is 574 g/mol. The largest absolute Gasteiger partial charge is 0.481 e. The highest BCUT2D eigenvalue weighted by Crippen LogP contribution is 2.37. The number of amides is 1. The number of carboxylic acids is 2. The Morgan fingerprint density at radius 1 is 1.07 bits per heavy atom. The Bertz CT molecular complexity index is 1660. The van der Waals surface area contributed by atoms with E-state index in [1.165, 1.54) is 10.6 Å². The summed E-state index contributed by atoms with van der Waals surface area (Å²) in [5, 5.41) is 31.5.